The molecule has 156 valence electrons. The Balaban J connectivity index is 2.02. The molecule has 0 radical (unpaired) electrons. The molecular weight excluding hydrogens is 450 g/mol. The number of anilines is 1. The van der Waals surface area contributed by atoms with Crippen LogP contribution in [0.3, 0.4) is 0 Å². The molecule has 1 atom stereocenters. The van der Waals surface area contributed by atoms with Gasteiger partial charge in [0.2, 0.25) is 0 Å². The number of amides is 1. The lowest BCUT2D eigenvalue weighted by Gasteiger charge is -2.41. The van der Waals surface area contributed by atoms with Crippen LogP contribution in [0.25, 0.3) is 0 Å². The van der Waals surface area contributed by atoms with Gasteiger partial charge in [0, 0.05) is 25.9 Å². The lowest BCUT2D eigenvalue weighted by molar-refractivity contribution is 0.0925. The maximum absolute atomic E-state index is 12.9. The van der Waals surface area contributed by atoms with Crippen LogP contribution in [0.2, 0.25) is 0 Å². The summed E-state index contributed by atoms with van der Waals surface area (Å²) in [5.74, 6) is 0.725. The van der Waals surface area contributed by atoms with Crippen LogP contribution in [0.1, 0.15) is 31.7 Å². The Labute approximate surface area is 173 Å². The van der Waals surface area contributed by atoms with Crippen molar-refractivity contribution >= 4 is 37.7 Å². The Morgan fingerprint density at radius 1 is 1.36 bits per heavy atom. The summed E-state index contributed by atoms with van der Waals surface area (Å²) in [5.41, 5.74) is 0.665. The van der Waals surface area contributed by atoms with E-state index in [4.69, 9.17) is 4.74 Å². The molecule has 2 fully saturated rings. The number of hydrogen-bond acceptors (Lipinski definition) is 6. The van der Waals surface area contributed by atoms with Crippen molar-refractivity contribution in [1.82, 2.24) is 9.88 Å². The Hall–Kier alpha value is -1.39. The minimum absolute atomic E-state index is 0.187. The van der Waals surface area contributed by atoms with Gasteiger partial charge >= 0.3 is 6.09 Å². The van der Waals surface area contributed by atoms with Crippen molar-refractivity contribution in [3.63, 3.8) is 0 Å². The molecule has 2 aliphatic heterocycles. The van der Waals surface area contributed by atoms with Gasteiger partial charge < -0.3 is 19.6 Å². The second-order valence-corrected chi connectivity index (χ2v) is 10.5. The van der Waals surface area contributed by atoms with Crippen LogP contribution < -0.4 is 4.90 Å². The predicted octanol–water partition coefficient (Wildman–Crippen LogP) is 2.47. The van der Waals surface area contributed by atoms with Crippen LogP contribution in [0.5, 0.6) is 0 Å². The largest absolute Gasteiger partial charge is 0.465 e. The van der Waals surface area contributed by atoms with Crippen molar-refractivity contribution in [3.05, 3.63) is 22.3 Å². The number of nitrogens with zero attached hydrogens (tertiary/aromatic N) is 3. The van der Waals surface area contributed by atoms with Gasteiger partial charge in [0.05, 0.1) is 19.3 Å². The van der Waals surface area contributed by atoms with Crippen LogP contribution in [-0.2, 0) is 19.3 Å². The number of carboxylic acid groups (broad SMARTS) is 1. The van der Waals surface area contributed by atoms with Crippen molar-refractivity contribution in [1.29, 1.82) is 0 Å². The van der Waals surface area contributed by atoms with Gasteiger partial charge in [0.15, 0.2) is 9.84 Å². The van der Waals surface area contributed by atoms with Gasteiger partial charge in [0.25, 0.3) is 0 Å². The molecule has 0 aliphatic carbocycles. The third kappa shape index (κ3) is 3.99. The Morgan fingerprint density at radius 2 is 2.04 bits per heavy atom. The third-order valence-electron chi connectivity index (χ3n) is 5.85. The normalized spacial score (nSPS) is 22.9. The molecule has 1 aromatic heterocycles. The summed E-state index contributed by atoms with van der Waals surface area (Å²) in [6.45, 7) is 4.38. The van der Waals surface area contributed by atoms with E-state index in [1.165, 1.54) is 11.2 Å². The Morgan fingerprint density at radius 3 is 2.61 bits per heavy atom. The van der Waals surface area contributed by atoms with Gasteiger partial charge in [-0.15, -0.1) is 0 Å². The first-order valence-corrected chi connectivity index (χ1v) is 12.1. The highest BCUT2D eigenvalue weighted by Gasteiger charge is 2.46. The van der Waals surface area contributed by atoms with Crippen LogP contribution in [0.15, 0.2) is 16.7 Å². The summed E-state index contributed by atoms with van der Waals surface area (Å²) in [6.07, 6.45) is 1.58. The monoisotopic (exact) mass is 475 g/mol. The number of carbonyl (C=O) groups is 1. The number of hydrogen-bond donors (Lipinski definition) is 1. The van der Waals surface area contributed by atoms with Crippen molar-refractivity contribution in [2.45, 2.75) is 37.0 Å². The number of morpholine rings is 1. The highest BCUT2D eigenvalue weighted by Crippen LogP contribution is 2.42. The van der Waals surface area contributed by atoms with E-state index in [0.717, 1.165) is 12.2 Å². The molecule has 8 nitrogen and oxygen atoms in total. The molecule has 2 aliphatic rings. The van der Waals surface area contributed by atoms with Crippen molar-refractivity contribution in [3.8, 4) is 0 Å². The second-order valence-electron chi connectivity index (χ2n) is 7.40. The molecule has 2 saturated heterocycles. The van der Waals surface area contributed by atoms with Crippen LogP contribution >= 0.6 is 15.9 Å². The van der Waals surface area contributed by atoms with E-state index < -0.39 is 20.7 Å². The molecule has 1 N–H and O–H groups in total. The molecule has 10 heteroatoms. The summed E-state index contributed by atoms with van der Waals surface area (Å²) in [4.78, 5) is 19.3. The number of ether oxygens (including phenoxy) is 1. The van der Waals surface area contributed by atoms with Gasteiger partial charge in [0.1, 0.15) is 15.2 Å². The number of likely N-dealkylation sites (tertiary alicyclic amines) is 1. The van der Waals surface area contributed by atoms with Crippen LogP contribution in [0, 0.1) is 0 Å². The lowest BCUT2D eigenvalue weighted by atomic mass is 9.88. The fourth-order valence-electron chi connectivity index (χ4n) is 4.12. The summed E-state index contributed by atoms with van der Waals surface area (Å²) >= 11 is 3.45. The molecule has 0 spiro atoms. The molecule has 28 heavy (non-hydrogen) atoms. The third-order valence-corrected chi connectivity index (χ3v) is 8.32. The summed E-state index contributed by atoms with van der Waals surface area (Å²) in [5, 5.41) is 9.24. The van der Waals surface area contributed by atoms with Crippen LogP contribution in [-0.4, -0.2) is 74.6 Å². The molecular formula is C18H26BrN3O5S. The summed E-state index contributed by atoms with van der Waals surface area (Å²) in [7, 11) is -3.48. The van der Waals surface area contributed by atoms with Crippen molar-refractivity contribution < 1.29 is 23.1 Å². The number of pyridine rings is 1. The summed E-state index contributed by atoms with van der Waals surface area (Å²) in [6, 6.07) is 3.80. The van der Waals surface area contributed by atoms with Crippen molar-refractivity contribution in [2.75, 3.05) is 44.0 Å². The maximum Gasteiger partial charge on any atom is 0.407 e. The zero-order valence-corrected chi connectivity index (χ0v) is 18.5. The van der Waals surface area contributed by atoms with Gasteiger partial charge in [-0.2, -0.15) is 0 Å². The maximum atomic E-state index is 12.9. The van der Waals surface area contributed by atoms with Gasteiger partial charge in [-0.25, -0.2) is 18.2 Å². The standard InChI is InChI=1S/C18H26BrN3O5S/c1-3-14-12-27-9-8-22(14)16-11-13(10-15(19)20-16)18(28(2,25)26)4-6-21(7-5-18)17(23)24/h10-11,14H,3-9,12H2,1-2H3,(H,23,24)/t14-/m0/s1. The van der Waals surface area contributed by atoms with E-state index in [9.17, 15) is 18.3 Å². The Kier molecular flexibility index (Phi) is 6.21. The number of rotatable bonds is 4. The first-order valence-electron chi connectivity index (χ1n) is 9.38. The molecule has 0 unspecified atom stereocenters. The zero-order valence-electron chi connectivity index (χ0n) is 16.1. The number of halogens is 1. The highest BCUT2D eigenvalue weighted by molar-refractivity contribution is 9.10. The highest BCUT2D eigenvalue weighted by atomic mass is 79.9. The first-order chi connectivity index (χ1) is 13.2. The molecule has 0 saturated carbocycles. The first kappa shape index (κ1) is 21.3. The van der Waals surface area contributed by atoms with Crippen LogP contribution in [0.4, 0.5) is 10.6 Å². The van der Waals surface area contributed by atoms with E-state index >= 15 is 0 Å². The SMILES string of the molecule is CC[C@H]1COCCN1c1cc(C2(S(C)(=O)=O)CCN(C(=O)O)CC2)cc(Br)n1. The smallest absolute Gasteiger partial charge is 0.407 e. The molecule has 3 rings (SSSR count). The Bertz CT molecular complexity index is 840. The van der Waals surface area contributed by atoms with E-state index in [2.05, 4.69) is 32.7 Å². The fourth-order valence-corrected chi connectivity index (χ4v) is 6.02. The average Bonchev–Trinajstić information content (AvgIpc) is 2.66. The van der Waals surface area contributed by atoms with E-state index in [1.807, 2.05) is 6.07 Å². The van der Waals surface area contributed by atoms with Gasteiger partial charge in [-0.3, -0.25) is 0 Å². The van der Waals surface area contributed by atoms with E-state index in [1.54, 1.807) is 6.07 Å². The minimum atomic E-state index is -3.48. The van der Waals surface area contributed by atoms with Crippen molar-refractivity contribution in [2.24, 2.45) is 0 Å². The molecule has 1 aromatic rings. The zero-order chi connectivity index (χ0) is 20.5. The van der Waals surface area contributed by atoms with E-state index in [-0.39, 0.29) is 32.0 Å². The summed E-state index contributed by atoms with van der Waals surface area (Å²) < 4.78 is 30.8. The van der Waals surface area contributed by atoms with Gasteiger partial charge in [-0.1, -0.05) is 6.92 Å². The quantitative estimate of drug-likeness (QED) is 0.667. The lowest BCUT2D eigenvalue weighted by Crippen LogP contribution is -2.49. The number of piperidine rings is 1. The molecule has 1 amide bonds. The topological polar surface area (TPSA) is 100 Å². The number of aromatic nitrogens is 1. The number of sulfone groups is 1. The molecule has 0 bridgehead atoms. The fraction of sp³-hybridized carbons (Fsp3) is 0.667. The van der Waals surface area contributed by atoms with E-state index in [0.29, 0.717) is 29.9 Å². The molecule has 0 aromatic carbocycles. The van der Waals surface area contributed by atoms with Gasteiger partial charge in [-0.05, 0) is 52.9 Å². The second kappa shape index (κ2) is 8.16. The predicted molar refractivity (Wildman–Crippen MR) is 110 cm³/mol. The molecule has 3 heterocycles. The average molecular weight is 476 g/mol. The minimum Gasteiger partial charge on any atom is -0.465 e.